The number of anilines is 3. The molecule has 0 saturated heterocycles. The van der Waals surface area contributed by atoms with Gasteiger partial charge in [0.1, 0.15) is 17.1 Å². The van der Waals surface area contributed by atoms with E-state index in [0.717, 1.165) is 33.8 Å². The van der Waals surface area contributed by atoms with Crippen LogP contribution in [0.1, 0.15) is 51.3 Å². The number of aromatic nitrogens is 2. The molecule has 5 aromatic rings. The standard InChI is InChI=1S/C33H30N3O.Pt/c1-32(2,3)23-15-18-30(34-20-23)36-27-11-7-6-10-24(27)33(4,5)25-16-13-22(19-28(25)36)26-17-14-21-9-8-12-29(37)31(21)35-26;/h6-18,20,37H,1-5H3;/q-1;. The molecule has 0 atom stereocenters. The van der Waals surface area contributed by atoms with Gasteiger partial charge in [0.15, 0.2) is 0 Å². The Bertz CT molecular complexity index is 1650. The molecule has 0 aliphatic carbocycles. The molecule has 6 rings (SSSR count). The number of hydrogen-bond donors (Lipinski definition) is 1. The minimum Gasteiger partial charge on any atom is -0.506 e. The van der Waals surface area contributed by atoms with Crippen LogP contribution in [0, 0.1) is 6.07 Å². The third-order valence-corrected chi connectivity index (χ3v) is 7.46. The first kappa shape index (κ1) is 26.1. The maximum atomic E-state index is 10.4. The van der Waals surface area contributed by atoms with Crippen molar-refractivity contribution in [2.45, 2.75) is 45.4 Å². The largest absolute Gasteiger partial charge is 0.506 e. The fourth-order valence-electron chi connectivity index (χ4n) is 5.26. The summed E-state index contributed by atoms with van der Waals surface area (Å²) in [6.45, 7) is 11.1. The monoisotopic (exact) mass is 679 g/mol. The molecular formula is C33H30N3OPt-. The van der Waals surface area contributed by atoms with Crippen LogP contribution in [0.3, 0.4) is 0 Å². The van der Waals surface area contributed by atoms with E-state index < -0.39 is 0 Å². The van der Waals surface area contributed by atoms with Gasteiger partial charge in [-0.1, -0.05) is 88.7 Å². The van der Waals surface area contributed by atoms with E-state index in [1.54, 1.807) is 6.07 Å². The first-order valence-corrected chi connectivity index (χ1v) is 12.7. The van der Waals surface area contributed by atoms with Gasteiger partial charge >= 0.3 is 0 Å². The minimum atomic E-state index is -0.210. The van der Waals surface area contributed by atoms with E-state index in [4.69, 9.17) is 9.97 Å². The van der Waals surface area contributed by atoms with E-state index in [0.29, 0.717) is 5.52 Å². The summed E-state index contributed by atoms with van der Waals surface area (Å²) in [4.78, 5) is 11.9. The molecule has 38 heavy (non-hydrogen) atoms. The Morgan fingerprint density at radius 3 is 2.37 bits per heavy atom. The molecule has 0 spiro atoms. The number of aromatic hydroxyl groups is 1. The van der Waals surface area contributed by atoms with Crippen molar-refractivity contribution in [3.8, 4) is 17.0 Å². The predicted molar refractivity (Wildman–Crippen MR) is 151 cm³/mol. The smallest absolute Gasteiger partial charge is 0.140 e. The first-order chi connectivity index (χ1) is 17.6. The molecule has 0 radical (unpaired) electrons. The topological polar surface area (TPSA) is 49.2 Å². The molecular weight excluding hydrogens is 649 g/mol. The molecule has 1 aliphatic heterocycles. The van der Waals surface area contributed by atoms with Gasteiger partial charge in [-0.15, -0.1) is 23.8 Å². The van der Waals surface area contributed by atoms with Gasteiger partial charge in [-0.2, -0.15) is 0 Å². The molecule has 2 aromatic heterocycles. The fourth-order valence-corrected chi connectivity index (χ4v) is 5.26. The maximum Gasteiger partial charge on any atom is 0.140 e. The van der Waals surface area contributed by atoms with Crippen molar-refractivity contribution < 1.29 is 26.2 Å². The third kappa shape index (κ3) is 4.21. The summed E-state index contributed by atoms with van der Waals surface area (Å²) in [6, 6.07) is 30.2. The number of pyridine rings is 2. The SMILES string of the molecule is CC(C)(C)c1ccc(N2c3[c-]c(-c4ccc5cccc(O)c5n4)ccc3C(C)(C)c3ccccc32)nc1.[Pt]. The molecule has 5 heteroatoms. The Hall–Kier alpha value is -3.49. The average molecular weight is 680 g/mol. The predicted octanol–water partition coefficient (Wildman–Crippen LogP) is 8.21. The van der Waals surface area contributed by atoms with E-state index in [2.05, 4.69) is 94.1 Å². The Kier molecular flexibility index (Phi) is 6.44. The number of phenolic OH excluding ortho intramolecular Hbond substituents is 1. The number of phenols is 1. The normalized spacial score (nSPS) is 14.0. The molecule has 4 nitrogen and oxygen atoms in total. The quantitative estimate of drug-likeness (QED) is 0.191. The number of hydrogen-bond acceptors (Lipinski definition) is 4. The maximum absolute atomic E-state index is 10.4. The van der Waals surface area contributed by atoms with Crippen molar-refractivity contribution >= 4 is 28.1 Å². The van der Waals surface area contributed by atoms with Crippen molar-refractivity contribution in [1.82, 2.24) is 9.97 Å². The number of benzene rings is 3. The number of rotatable bonds is 2. The number of fused-ring (bicyclic) bond motifs is 3. The Labute approximate surface area is 238 Å². The second-order valence-corrected chi connectivity index (χ2v) is 11.3. The van der Waals surface area contributed by atoms with Crippen molar-refractivity contribution in [1.29, 1.82) is 0 Å². The summed E-state index contributed by atoms with van der Waals surface area (Å²) in [7, 11) is 0. The van der Waals surface area contributed by atoms with Gasteiger partial charge in [0.2, 0.25) is 0 Å². The van der Waals surface area contributed by atoms with E-state index in [-0.39, 0.29) is 37.6 Å². The van der Waals surface area contributed by atoms with Gasteiger partial charge < -0.3 is 10.0 Å². The second kappa shape index (κ2) is 9.36. The zero-order chi connectivity index (χ0) is 25.9. The summed E-state index contributed by atoms with van der Waals surface area (Å²) in [5.41, 5.74) is 7.74. The van der Waals surface area contributed by atoms with Crippen LogP contribution in [-0.2, 0) is 31.9 Å². The minimum absolute atomic E-state index is 0. The van der Waals surface area contributed by atoms with E-state index >= 15 is 0 Å². The van der Waals surface area contributed by atoms with Gasteiger partial charge in [-0.3, -0.25) is 4.98 Å². The van der Waals surface area contributed by atoms with Crippen LogP contribution in [0.4, 0.5) is 17.2 Å². The molecule has 3 aromatic carbocycles. The Morgan fingerprint density at radius 1 is 0.842 bits per heavy atom. The molecule has 1 aliphatic rings. The van der Waals surface area contributed by atoms with Gasteiger partial charge in [-0.05, 0) is 51.5 Å². The molecule has 0 fully saturated rings. The van der Waals surface area contributed by atoms with Crippen LogP contribution in [0.2, 0.25) is 0 Å². The molecule has 194 valence electrons. The molecule has 0 unspecified atom stereocenters. The van der Waals surface area contributed by atoms with Gasteiger partial charge in [0.25, 0.3) is 0 Å². The van der Waals surface area contributed by atoms with Crippen molar-refractivity contribution in [3.63, 3.8) is 0 Å². The van der Waals surface area contributed by atoms with Crippen LogP contribution in [0.5, 0.6) is 5.75 Å². The van der Waals surface area contributed by atoms with E-state index in [9.17, 15) is 5.11 Å². The van der Waals surface area contributed by atoms with Crippen LogP contribution in [0.25, 0.3) is 22.2 Å². The van der Waals surface area contributed by atoms with E-state index in [1.165, 1.54) is 16.7 Å². The summed E-state index contributed by atoms with van der Waals surface area (Å²) >= 11 is 0. The van der Waals surface area contributed by atoms with Crippen molar-refractivity contribution in [3.05, 3.63) is 108 Å². The summed E-state index contributed by atoms with van der Waals surface area (Å²) in [5, 5.41) is 11.3. The van der Waals surface area contributed by atoms with Crippen LogP contribution < -0.4 is 4.90 Å². The first-order valence-electron chi connectivity index (χ1n) is 12.7. The summed E-state index contributed by atoms with van der Waals surface area (Å²) in [5.74, 6) is 1.03. The third-order valence-electron chi connectivity index (χ3n) is 7.46. The zero-order valence-electron chi connectivity index (χ0n) is 22.2. The Balaban J connectivity index is 0.00000294. The molecule has 0 amide bonds. The van der Waals surface area contributed by atoms with Gasteiger partial charge in [-0.25, -0.2) is 4.98 Å². The fraction of sp³-hybridized carbons (Fsp3) is 0.212. The van der Waals surface area contributed by atoms with Crippen molar-refractivity contribution in [2.24, 2.45) is 0 Å². The number of nitrogens with zero attached hydrogens (tertiary/aromatic N) is 3. The van der Waals surface area contributed by atoms with Gasteiger partial charge in [0, 0.05) is 38.3 Å². The summed E-state index contributed by atoms with van der Waals surface area (Å²) < 4.78 is 0. The molecule has 0 saturated carbocycles. The molecule has 0 bridgehead atoms. The summed E-state index contributed by atoms with van der Waals surface area (Å²) in [6.07, 6.45) is 1.98. The van der Waals surface area contributed by atoms with Crippen LogP contribution >= 0.6 is 0 Å². The Morgan fingerprint density at radius 2 is 1.63 bits per heavy atom. The van der Waals surface area contributed by atoms with Crippen LogP contribution in [-0.4, -0.2) is 15.1 Å². The van der Waals surface area contributed by atoms with Crippen molar-refractivity contribution in [2.75, 3.05) is 4.90 Å². The second-order valence-electron chi connectivity index (χ2n) is 11.3. The number of para-hydroxylation sites is 2. The van der Waals surface area contributed by atoms with Crippen LogP contribution in [0.15, 0.2) is 85.1 Å². The van der Waals surface area contributed by atoms with Gasteiger partial charge in [0.05, 0.1) is 0 Å². The molecule has 1 N–H and O–H groups in total. The average Bonchev–Trinajstić information content (AvgIpc) is 2.88. The van der Waals surface area contributed by atoms with E-state index in [1.807, 2.05) is 30.5 Å². The zero-order valence-corrected chi connectivity index (χ0v) is 24.5. The molecule has 3 heterocycles.